The van der Waals surface area contributed by atoms with E-state index in [0.29, 0.717) is 31.0 Å². The van der Waals surface area contributed by atoms with E-state index < -0.39 is 0 Å². The molecule has 10 heteroatoms. The van der Waals surface area contributed by atoms with E-state index in [1.807, 2.05) is 36.4 Å². The Labute approximate surface area is 204 Å². The van der Waals surface area contributed by atoms with Crippen LogP contribution in [0, 0.1) is 0 Å². The lowest BCUT2D eigenvalue weighted by Gasteiger charge is -2.26. The number of hydrazone groups is 1. The van der Waals surface area contributed by atoms with Crippen molar-refractivity contribution in [2.45, 2.75) is 12.3 Å². The van der Waals surface area contributed by atoms with E-state index in [2.05, 4.69) is 20.3 Å². The van der Waals surface area contributed by atoms with Crippen molar-refractivity contribution < 1.29 is 19.4 Å². The van der Waals surface area contributed by atoms with Gasteiger partial charge in [-0.05, 0) is 24.6 Å². The molecule has 0 bridgehead atoms. The van der Waals surface area contributed by atoms with Crippen LogP contribution in [0.3, 0.4) is 0 Å². The molecule has 3 aromatic rings. The molecule has 35 heavy (non-hydrogen) atoms. The lowest BCUT2D eigenvalue weighted by atomic mass is 10.1. The van der Waals surface area contributed by atoms with Crippen molar-refractivity contribution in [2.75, 3.05) is 52.4 Å². The zero-order valence-corrected chi connectivity index (χ0v) is 20.1. The largest absolute Gasteiger partial charge is 0.497 e. The molecule has 0 aliphatic carbocycles. The number of hydrogen-bond donors (Lipinski definition) is 2. The fraction of sp³-hybridized carbons (Fsp3) is 0.360. The average Bonchev–Trinajstić information content (AvgIpc) is 3.36. The predicted molar refractivity (Wildman–Crippen MR) is 135 cm³/mol. The molecule has 1 amide bonds. The van der Waals surface area contributed by atoms with Crippen LogP contribution in [0.1, 0.15) is 18.0 Å². The number of aliphatic hydroxyl groups excluding tert-OH is 1. The summed E-state index contributed by atoms with van der Waals surface area (Å²) in [5.41, 5.74) is 4.12. The summed E-state index contributed by atoms with van der Waals surface area (Å²) in [6.45, 7) is 1.44. The zero-order valence-electron chi connectivity index (χ0n) is 20.1. The van der Waals surface area contributed by atoms with E-state index in [-0.39, 0.29) is 25.0 Å². The number of aliphatic hydroxyl groups is 1. The number of likely N-dealkylation sites (N-methyl/N-ethyl adjacent to an activating group) is 1. The molecule has 10 nitrogen and oxygen atoms in total. The summed E-state index contributed by atoms with van der Waals surface area (Å²) in [6.07, 6.45) is 4.15. The summed E-state index contributed by atoms with van der Waals surface area (Å²) in [7, 11) is 4.84. The van der Waals surface area contributed by atoms with Gasteiger partial charge in [0, 0.05) is 62.2 Å². The molecule has 0 radical (unpaired) electrons. The standard InChI is InChI=1S/C25H30N6O4/c1-26-25(33)16-30-15-17(13-28-30)24-14-27-22-6-5-18(11-23(22)29-24)31(7-4-8-32)19-9-20(34-2)12-21(10-19)35-3/h5-6,9-14,17,32H,4,7-8,15-16H2,1-3H3,(H,26,33). The lowest BCUT2D eigenvalue weighted by Crippen LogP contribution is -2.32. The average molecular weight is 479 g/mol. The van der Waals surface area contributed by atoms with Gasteiger partial charge in [0.2, 0.25) is 5.91 Å². The van der Waals surface area contributed by atoms with Crippen molar-refractivity contribution in [1.82, 2.24) is 20.3 Å². The van der Waals surface area contributed by atoms with Crippen LogP contribution in [0.5, 0.6) is 11.5 Å². The molecule has 1 aliphatic rings. The second-order valence-electron chi connectivity index (χ2n) is 8.16. The molecule has 2 heterocycles. The molecular weight excluding hydrogens is 448 g/mol. The van der Waals surface area contributed by atoms with Gasteiger partial charge in [0.15, 0.2) is 0 Å². The molecule has 1 aromatic heterocycles. The summed E-state index contributed by atoms with van der Waals surface area (Å²) in [5.74, 6) is 1.22. The maximum Gasteiger partial charge on any atom is 0.241 e. The third kappa shape index (κ3) is 5.60. The molecule has 1 atom stereocenters. The van der Waals surface area contributed by atoms with Crippen LogP contribution in [-0.4, -0.2) is 79.7 Å². The van der Waals surface area contributed by atoms with Crippen molar-refractivity contribution in [2.24, 2.45) is 5.10 Å². The first-order valence-electron chi connectivity index (χ1n) is 11.4. The van der Waals surface area contributed by atoms with Gasteiger partial charge in [-0.1, -0.05) is 0 Å². The summed E-state index contributed by atoms with van der Waals surface area (Å²) < 4.78 is 10.9. The van der Waals surface area contributed by atoms with E-state index >= 15 is 0 Å². The highest BCUT2D eigenvalue weighted by molar-refractivity contribution is 5.82. The minimum Gasteiger partial charge on any atom is -0.497 e. The molecule has 0 fully saturated rings. The van der Waals surface area contributed by atoms with Crippen molar-refractivity contribution in [1.29, 1.82) is 0 Å². The number of methoxy groups -OCH3 is 2. The molecule has 184 valence electrons. The highest BCUT2D eigenvalue weighted by atomic mass is 16.5. The summed E-state index contributed by atoms with van der Waals surface area (Å²) in [5, 5.41) is 18.2. The number of carbonyl (C=O) groups is 1. The number of aromatic nitrogens is 2. The van der Waals surface area contributed by atoms with E-state index in [9.17, 15) is 9.90 Å². The van der Waals surface area contributed by atoms with Gasteiger partial charge in [-0.2, -0.15) is 5.10 Å². The Morgan fingerprint density at radius 2 is 1.91 bits per heavy atom. The van der Waals surface area contributed by atoms with Gasteiger partial charge >= 0.3 is 0 Å². The molecule has 2 N–H and O–H groups in total. The second kappa shape index (κ2) is 11.0. The lowest BCUT2D eigenvalue weighted by molar-refractivity contribution is -0.121. The Hall–Kier alpha value is -3.92. The first-order chi connectivity index (χ1) is 17.0. The van der Waals surface area contributed by atoms with Crippen molar-refractivity contribution in [3.8, 4) is 11.5 Å². The molecule has 0 spiro atoms. The third-order valence-electron chi connectivity index (χ3n) is 5.85. The number of nitrogens with zero attached hydrogens (tertiary/aromatic N) is 5. The molecule has 0 saturated carbocycles. The number of nitrogens with one attached hydrogen (secondary N) is 1. The predicted octanol–water partition coefficient (Wildman–Crippen LogP) is 2.30. The Morgan fingerprint density at radius 1 is 1.14 bits per heavy atom. The van der Waals surface area contributed by atoms with E-state index in [1.54, 1.807) is 38.7 Å². The van der Waals surface area contributed by atoms with Gasteiger partial charge in [-0.15, -0.1) is 0 Å². The Balaban J connectivity index is 1.65. The van der Waals surface area contributed by atoms with Gasteiger partial charge < -0.3 is 24.8 Å². The molecule has 0 saturated heterocycles. The first-order valence-corrected chi connectivity index (χ1v) is 11.4. The number of ether oxygens (including phenoxy) is 2. The van der Waals surface area contributed by atoms with Crippen molar-refractivity contribution in [3.63, 3.8) is 0 Å². The van der Waals surface area contributed by atoms with Gasteiger partial charge in [0.05, 0.1) is 43.4 Å². The maximum absolute atomic E-state index is 11.7. The van der Waals surface area contributed by atoms with Crippen LogP contribution in [0.25, 0.3) is 11.0 Å². The maximum atomic E-state index is 11.7. The number of rotatable bonds is 10. The number of benzene rings is 2. The van der Waals surface area contributed by atoms with E-state index in [4.69, 9.17) is 14.5 Å². The minimum atomic E-state index is -0.0887. The number of anilines is 2. The molecule has 1 aliphatic heterocycles. The summed E-state index contributed by atoms with van der Waals surface area (Å²) in [6, 6.07) is 11.6. The van der Waals surface area contributed by atoms with Crippen molar-refractivity contribution >= 4 is 34.5 Å². The molecule has 1 unspecified atom stereocenters. The highest BCUT2D eigenvalue weighted by Gasteiger charge is 2.23. The van der Waals surface area contributed by atoms with Crippen LogP contribution in [0.4, 0.5) is 11.4 Å². The zero-order chi connectivity index (χ0) is 24.8. The van der Waals surface area contributed by atoms with E-state index in [1.165, 1.54) is 0 Å². The van der Waals surface area contributed by atoms with Crippen LogP contribution >= 0.6 is 0 Å². The number of fused-ring (bicyclic) bond motifs is 1. The molecular formula is C25H30N6O4. The van der Waals surface area contributed by atoms with Gasteiger partial charge in [0.25, 0.3) is 0 Å². The van der Waals surface area contributed by atoms with Gasteiger partial charge in [0.1, 0.15) is 18.0 Å². The number of hydrogen-bond acceptors (Lipinski definition) is 9. The molecule has 4 rings (SSSR count). The SMILES string of the molecule is CNC(=O)CN1CC(c2cnc3ccc(N(CCCO)c4cc(OC)cc(OC)c4)cc3n2)C=N1. The minimum absolute atomic E-state index is 0.0478. The fourth-order valence-electron chi connectivity index (χ4n) is 3.96. The van der Waals surface area contributed by atoms with Gasteiger partial charge in [-0.25, -0.2) is 4.98 Å². The fourth-order valence-corrected chi connectivity index (χ4v) is 3.96. The second-order valence-corrected chi connectivity index (χ2v) is 8.16. The van der Waals surface area contributed by atoms with Crippen LogP contribution in [0.2, 0.25) is 0 Å². The van der Waals surface area contributed by atoms with E-state index in [0.717, 1.165) is 28.1 Å². The number of carbonyl (C=O) groups excluding carboxylic acids is 1. The van der Waals surface area contributed by atoms with Crippen LogP contribution in [0.15, 0.2) is 47.7 Å². The first kappa shape index (κ1) is 24.2. The highest BCUT2D eigenvalue weighted by Crippen LogP contribution is 2.34. The smallest absolute Gasteiger partial charge is 0.241 e. The quantitative estimate of drug-likeness (QED) is 0.457. The summed E-state index contributed by atoms with van der Waals surface area (Å²) in [4.78, 5) is 23.2. The van der Waals surface area contributed by atoms with Crippen LogP contribution in [-0.2, 0) is 4.79 Å². The Morgan fingerprint density at radius 3 is 2.60 bits per heavy atom. The topological polar surface area (TPSA) is 112 Å². The Kier molecular flexibility index (Phi) is 7.61. The number of amides is 1. The third-order valence-corrected chi connectivity index (χ3v) is 5.85. The Bertz CT molecular complexity index is 1200. The molecule has 2 aromatic carbocycles. The van der Waals surface area contributed by atoms with Crippen LogP contribution < -0.4 is 19.7 Å². The summed E-state index contributed by atoms with van der Waals surface area (Å²) >= 11 is 0. The monoisotopic (exact) mass is 478 g/mol. The van der Waals surface area contributed by atoms with Gasteiger partial charge in [-0.3, -0.25) is 14.8 Å². The van der Waals surface area contributed by atoms with Crippen molar-refractivity contribution in [3.05, 3.63) is 48.3 Å². The normalized spacial score (nSPS) is 14.9.